The Bertz CT molecular complexity index is 851. The third-order valence-electron chi connectivity index (χ3n) is 3.26. The molecule has 3 N–H and O–H groups in total. The SMILES string of the molecule is O=C1CCC(NC(=O)c2ccc(C#CCCS(=O)(=O)O)cn2)C(=O)N1. The normalized spacial score (nSPS) is 17.2. The van der Waals surface area contributed by atoms with Crippen LogP contribution in [0.25, 0.3) is 0 Å². The van der Waals surface area contributed by atoms with Gasteiger partial charge in [-0.1, -0.05) is 11.8 Å². The van der Waals surface area contributed by atoms with Crippen LogP contribution in [0.5, 0.6) is 0 Å². The standard InChI is InChI=1S/C15H15N3O6S/c19-13-7-6-12(15(21)18-13)17-14(20)11-5-4-10(9-16-11)3-1-2-8-25(22,23)24/h4-5,9,12H,2,6-8H2,(H,17,20)(H,18,19,21)(H,22,23,24). The first-order valence-electron chi connectivity index (χ1n) is 7.29. The molecular formula is C15H15N3O6S. The van der Waals surface area contributed by atoms with Crippen molar-refractivity contribution in [3.8, 4) is 11.8 Å². The molecule has 0 spiro atoms. The van der Waals surface area contributed by atoms with Gasteiger partial charge in [-0.25, -0.2) is 4.98 Å². The highest BCUT2D eigenvalue weighted by Gasteiger charge is 2.28. The first kappa shape index (κ1) is 18.6. The summed E-state index contributed by atoms with van der Waals surface area (Å²) in [5.41, 5.74) is 0.543. The molecule has 1 aliphatic rings. The van der Waals surface area contributed by atoms with Gasteiger partial charge < -0.3 is 5.32 Å². The van der Waals surface area contributed by atoms with Crippen molar-refractivity contribution in [2.75, 3.05) is 5.75 Å². The summed E-state index contributed by atoms with van der Waals surface area (Å²) in [5, 5.41) is 4.64. The van der Waals surface area contributed by atoms with Crippen molar-refractivity contribution in [1.82, 2.24) is 15.6 Å². The third kappa shape index (κ3) is 5.98. The van der Waals surface area contributed by atoms with Gasteiger partial charge in [-0.05, 0) is 18.6 Å². The second kappa shape index (κ2) is 7.87. The van der Waals surface area contributed by atoms with E-state index in [-0.39, 0.29) is 30.9 Å². The summed E-state index contributed by atoms with van der Waals surface area (Å²) in [6, 6.07) is 2.15. The Balaban J connectivity index is 1.93. The minimum absolute atomic E-state index is 0.0312. The minimum Gasteiger partial charge on any atom is -0.339 e. The van der Waals surface area contributed by atoms with Crippen LogP contribution in [0.3, 0.4) is 0 Å². The number of rotatable bonds is 4. The summed E-state index contributed by atoms with van der Waals surface area (Å²) in [5.74, 6) is 3.29. The number of piperidine rings is 1. The Labute approximate surface area is 144 Å². The molecule has 9 nitrogen and oxygen atoms in total. The fourth-order valence-electron chi connectivity index (χ4n) is 2.01. The Hall–Kier alpha value is -2.77. The van der Waals surface area contributed by atoms with Crippen LogP contribution in [0.1, 0.15) is 35.3 Å². The molecule has 3 amide bonds. The fraction of sp³-hybridized carbons (Fsp3) is 0.333. The molecule has 2 rings (SSSR count). The van der Waals surface area contributed by atoms with Crippen molar-refractivity contribution in [3.05, 3.63) is 29.6 Å². The van der Waals surface area contributed by atoms with E-state index in [4.69, 9.17) is 4.55 Å². The number of nitrogens with zero attached hydrogens (tertiary/aromatic N) is 1. The smallest absolute Gasteiger partial charge is 0.270 e. The van der Waals surface area contributed by atoms with Crippen LogP contribution in [0.2, 0.25) is 0 Å². The third-order valence-corrected chi connectivity index (χ3v) is 3.98. The highest BCUT2D eigenvalue weighted by Crippen LogP contribution is 2.06. The summed E-state index contributed by atoms with van der Waals surface area (Å²) in [7, 11) is -4.04. The van der Waals surface area contributed by atoms with Gasteiger partial charge in [0.25, 0.3) is 16.0 Å². The van der Waals surface area contributed by atoms with Gasteiger partial charge >= 0.3 is 0 Å². The number of hydrogen-bond donors (Lipinski definition) is 3. The summed E-state index contributed by atoms with van der Waals surface area (Å²) in [6.45, 7) is 0. The van der Waals surface area contributed by atoms with Gasteiger partial charge in [-0.15, -0.1) is 0 Å². The molecule has 10 heteroatoms. The predicted octanol–water partition coefficient (Wildman–Crippen LogP) is -0.754. The molecule has 0 aliphatic carbocycles. The van der Waals surface area contributed by atoms with Crippen LogP contribution < -0.4 is 10.6 Å². The number of hydrogen-bond acceptors (Lipinski definition) is 6. The van der Waals surface area contributed by atoms with Gasteiger partial charge in [0.2, 0.25) is 11.8 Å². The summed E-state index contributed by atoms with van der Waals surface area (Å²) in [6.07, 6.45) is 1.69. The van der Waals surface area contributed by atoms with E-state index in [2.05, 4.69) is 27.5 Å². The van der Waals surface area contributed by atoms with Gasteiger partial charge in [-0.2, -0.15) is 8.42 Å². The van der Waals surface area contributed by atoms with Crippen LogP contribution in [0.15, 0.2) is 18.3 Å². The van der Waals surface area contributed by atoms with Crippen molar-refractivity contribution < 1.29 is 27.4 Å². The lowest BCUT2D eigenvalue weighted by Gasteiger charge is -2.21. The molecule has 0 bridgehead atoms. The molecule has 132 valence electrons. The molecule has 1 aromatic heterocycles. The molecule has 2 heterocycles. The summed E-state index contributed by atoms with van der Waals surface area (Å²) >= 11 is 0. The second-order valence-corrected chi connectivity index (χ2v) is 6.82. The molecule has 0 radical (unpaired) electrons. The number of carbonyl (C=O) groups is 3. The largest absolute Gasteiger partial charge is 0.339 e. The van der Waals surface area contributed by atoms with Crippen molar-refractivity contribution in [2.45, 2.75) is 25.3 Å². The Morgan fingerprint density at radius 1 is 1.40 bits per heavy atom. The number of amides is 3. The van der Waals surface area contributed by atoms with Gasteiger partial charge in [-0.3, -0.25) is 24.3 Å². The van der Waals surface area contributed by atoms with Crippen LogP contribution in [0, 0.1) is 11.8 Å². The number of carbonyl (C=O) groups excluding carboxylic acids is 3. The van der Waals surface area contributed by atoms with E-state index in [1.807, 2.05) is 0 Å². The molecule has 25 heavy (non-hydrogen) atoms. The minimum atomic E-state index is -4.04. The maximum absolute atomic E-state index is 12.1. The average molecular weight is 365 g/mol. The predicted molar refractivity (Wildman–Crippen MR) is 85.8 cm³/mol. The zero-order valence-electron chi connectivity index (χ0n) is 13.0. The lowest BCUT2D eigenvalue weighted by atomic mass is 10.1. The molecule has 1 aliphatic heterocycles. The molecule has 0 aromatic carbocycles. The van der Waals surface area contributed by atoms with Crippen LogP contribution in [-0.2, 0) is 19.7 Å². The molecule has 1 saturated heterocycles. The highest BCUT2D eigenvalue weighted by molar-refractivity contribution is 7.85. The van der Waals surface area contributed by atoms with Gasteiger partial charge in [0, 0.05) is 24.6 Å². The first-order valence-corrected chi connectivity index (χ1v) is 8.90. The quantitative estimate of drug-likeness (QED) is 0.362. The van der Waals surface area contributed by atoms with Crippen LogP contribution >= 0.6 is 0 Å². The van der Waals surface area contributed by atoms with E-state index in [0.717, 1.165) is 0 Å². The van der Waals surface area contributed by atoms with Gasteiger partial charge in [0.05, 0.1) is 5.75 Å². The molecule has 1 fully saturated rings. The Morgan fingerprint density at radius 2 is 2.16 bits per heavy atom. The van der Waals surface area contributed by atoms with E-state index >= 15 is 0 Å². The first-order chi connectivity index (χ1) is 11.7. The monoisotopic (exact) mass is 365 g/mol. The van der Waals surface area contributed by atoms with Crippen molar-refractivity contribution in [1.29, 1.82) is 0 Å². The van der Waals surface area contributed by atoms with Gasteiger partial charge in [0.15, 0.2) is 0 Å². The molecule has 1 aromatic rings. The van der Waals surface area contributed by atoms with Crippen molar-refractivity contribution in [3.63, 3.8) is 0 Å². The van der Waals surface area contributed by atoms with E-state index in [9.17, 15) is 22.8 Å². The van der Waals surface area contributed by atoms with E-state index < -0.39 is 33.7 Å². The maximum atomic E-state index is 12.1. The molecule has 1 atom stereocenters. The van der Waals surface area contributed by atoms with E-state index in [1.54, 1.807) is 0 Å². The zero-order valence-corrected chi connectivity index (χ0v) is 13.8. The number of imide groups is 1. The van der Waals surface area contributed by atoms with Crippen molar-refractivity contribution in [2.24, 2.45) is 0 Å². The van der Waals surface area contributed by atoms with Gasteiger partial charge in [0.1, 0.15) is 11.7 Å². The summed E-state index contributed by atoms with van der Waals surface area (Å²) in [4.78, 5) is 38.6. The Kier molecular flexibility index (Phi) is 5.84. The second-order valence-electron chi connectivity index (χ2n) is 5.25. The highest BCUT2D eigenvalue weighted by atomic mass is 32.2. The lowest BCUT2D eigenvalue weighted by molar-refractivity contribution is -0.134. The molecule has 0 saturated carbocycles. The topological polar surface area (TPSA) is 143 Å². The molecular weight excluding hydrogens is 350 g/mol. The molecule has 1 unspecified atom stereocenters. The zero-order chi connectivity index (χ0) is 18.4. The lowest BCUT2D eigenvalue weighted by Crippen LogP contribution is -2.52. The van der Waals surface area contributed by atoms with E-state index in [1.165, 1.54) is 18.3 Å². The van der Waals surface area contributed by atoms with E-state index in [0.29, 0.717) is 5.56 Å². The average Bonchev–Trinajstić information content (AvgIpc) is 2.54. The fourth-order valence-corrected chi connectivity index (χ4v) is 2.37. The van der Waals surface area contributed by atoms with Crippen LogP contribution in [-0.4, -0.2) is 47.5 Å². The maximum Gasteiger partial charge on any atom is 0.270 e. The van der Waals surface area contributed by atoms with Crippen LogP contribution in [0.4, 0.5) is 0 Å². The number of nitrogens with one attached hydrogen (secondary N) is 2. The number of pyridine rings is 1. The number of aromatic nitrogens is 1. The van der Waals surface area contributed by atoms with Crippen molar-refractivity contribution >= 4 is 27.8 Å². The summed E-state index contributed by atoms with van der Waals surface area (Å²) < 4.78 is 29.7. The Morgan fingerprint density at radius 3 is 2.76 bits per heavy atom.